The number of halogens is 1. The molecule has 0 atom stereocenters. The summed E-state index contributed by atoms with van der Waals surface area (Å²) >= 11 is 0. The van der Waals surface area contributed by atoms with Gasteiger partial charge < -0.3 is 10.1 Å². The fourth-order valence-electron chi connectivity index (χ4n) is 2.49. The van der Waals surface area contributed by atoms with Gasteiger partial charge in [-0.15, -0.1) is 0 Å². The lowest BCUT2D eigenvalue weighted by atomic mass is 10.1. The molecule has 6 nitrogen and oxygen atoms in total. The van der Waals surface area contributed by atoms with Crippen LogP contribution >= 0.6 is 0 Å². The van der Waals surface area contributed by atoms with Gasteiger partial charge in [0, 0.05) is 0 Å². The molecule has 0 bridgehead atoms. The van der Waals surface area contributed by atoms with Gasteiger partial charge in [0.2, 0.25) is 0 Å². The molecule has 26 heavy (non-hydrogen) atoms. The molecule has 0 radical (unpaired) electrons. The van der Waals surface area contributed by atoms with Crippen LogP contribution in [0.1, 0.15) is 21.5 Å². The van der Waals surface area contributed by atoms with E-state index in [1.54, 1.807) is 24.3 Å². The van der Waals surface area contributed by atoms with Gasteiger partial charge in [-0.2, -0.15) is 0 Å². The summed E-state index contributed by atoms with van der Waals surface area (Å²) in [6, 6.07) is 11.4. The summed E-state index contributed by atoms with van der Waals surface area (Å²) in [4.78, 5) is 37.0. The van der Waals surface area contributed by atoms with E-state index in [4.69, 9.17) is 0 Å². The van der Waals surface area contributed by atoms with Crippen molar-refractivity contribution in [2.45, 2.75) is 6.54 Å². The lowest BCUT2D eigenvalue weighted by Crippen LogP contribution is -2.30. The van der Waals surface area contributed by atoms with Crippen LogP contribution in [0, 0.1) is 5.82 Å². The molecule has 0 spiro atoms. The maximum atomic E-state index is 13.0. The third-order valence-electron chi connectivity index (χ3n) is 3.86. The number of carbonyl (C=O) groups is 3. The highest BCUT2D eigenvalue weighted by Crippen LogP contribution is 2.17. The lowest BCUT2D eigenvalue weighted by Gasteiger charge is -2.11. The zero-order valence-corrected chi connectivity index (χ0v) is 13.9. The Morgan fingerprint density at radius 1 is 1.12 bits per heavy atom. The Labute approximate surface area is 148 Å². The number of nitrogens with zero attached hydrogens (tertiary/aromatic N) is 1. The maximum Gasteiger partial charge on any atom is 0.337 e. The first-order valence-electron chi connectivity index (χ1n) is 7.75. The Balaban J connectivity index is 1.76. The monoisotopic (exact) mass is 354 g/mol. The van der Waals surface area contributed by atoms with E-state index in [1.165, 1.54) is 37.5 Å². The summed E-state index contributed by atoms with van der Waals surface area (Å²) in [5.41, 5.74) is 1.79. The number of hydrogen-bond acceptors (Lipinski definition) is 4. The molecule has 1 N–H and O–H groups in total. The van der Waals surface area contributed by atoms with Gasteiger partial charge in [-0.05, 0) is 41.5 Å². The lowest BCUT2D eigenvalue weighted by molar-refractivity contribution is -0.123. The van der Waals surface area contributed by atoms with Crippen LogP contribution in [0.25, 0.3) is 6.08 Å². The second kappa shape index (κ2) is 7.18. The smallest absolute Gasteiger partial charge is 0.337 e. The van der Waals surface area contributed by atoms with Crippen LogP contribution in [0.15, 0.2) is 54.2 Å². The van der Waals surface area contributed by atoms with Crippen LogP contribution in [0.5, 0.6) is 0 Å². The number of nitrogens with one attached hydrogen (secondary N) is 1. The Hall–Kier alpha value is -3.48. The predicted molar refractivity (Wildman–Crippen MR) is 91.2 cm³/mol. The van der Waals surface area contributed by atoms with Gasteiger partial charge in [0.1, 0.15) is 11.5 Å². The zero-order chi connectivity index (χ0) is 18.7. The van der Waals surface area contributed by atoms with Gasteiger partial charge in [0.15, 0.2) is 0 Å². The van der Waals surface area contributed by atoms with Gasteiger partial charge in [0.25, 0.3) is 5.91 Å². The van der Waals surface area contributed by atoms with Crippen molar-refractivity contribution < 1.29 is 23.5 Å². The number of urea groups is 1. The topological polar surface area (TPSA) is 75.7 Å². The Morgan fingerprint density at radius 3 is 2.38 bits per heavy atom. The van der Waals surface area contributed by atoms with Gasteiger partial charge in [0.05, 0.1) is 19.2 Å². The van der Waals surface area contributed by atoms with Crippen molar-refractivity contribution >= 4 is 24.0 Å². The number of hydrogen-bond donors (Lipinski definition) is 1. The van der Waals surface area contributed by atoms with E-state index in [9.17, 15) is 18.8 Å². The first-order chi connectivity index (χ1) is 12.5. The highest BCUT2D eigenvalue weighted by Gasteiger charge is 2.33. The molecule has 1 saturated heterocycles. The van der Waals surface area contributed by atoms with Crippen LogP contribution in [0.4, 0.5) is 9.18 Å². The largest absolute Gasteiger partial charge is 0.465 e. The van der Waals surface area contributed by atoms with Crippen LogP contribution in [0.3, 0.4) is 0 Å². The summed E-state index contributed by atoms with van der Waals surface area (Å²) in [5, 5.41) is 2.52. The number of ether oxygens (including phenoxy) is 1. The molecule has 1 fully saturated rings. The average molecular weight is 354 g/mol. The molecular formula is C19H15FN2O4. The maximum absolute atomic E-state index is 13.0. The minimum absolute atomic E-state index is 0.0452. The minimum atomic E-state index is -0.545. The third-order valence-corrected chi connectivity index (χ3v) is 3.86. The molecule has 0 aliphatic carbocycles. The molecule has 0 saturated carbocycles. The molecule has 0 unspecified atom stereocenters. The Kier molecular flexibility index (Phi) is 4.79. The summed E-state index contributed by atoms with van der Waals surface area (Å²) in [6.07, 6.45) is 1.52. The average Bonchev–Trinajstić information content (AvgIpc) is 2.91. The van der Waals surface area contributed by atoms with E-state index in [1.807, 2.05) is 0 Å². The predicted octanol–water partition coefficient (Wildman–Crippen LogP) is 2.71. The molecule has 7 heteroatoms. The quantitative estimate of drug-likeness (QED) is 0.520. The summed E-state index contributed by atoms with van der Waals surface area (Å²) in [6.45, 7) is 0.0452. The van der Waals surface area contributed by atoms with Gasteiger partial charge in [-0.25, -0.2) is 14.0 Å². The van der Waals surface area contributed by atoms with Gasteiger partial charge in [-0.1, -0.05) is 24.3 Å². The second-order valence-electron chi connectivity index (χ2n) is 5.62. The Morgan fingerprint density at radius 2 is 1.77 bits per heavy atom. The minimum Gasteiger partial charge on any atom is -0.465 e. The summed E-state index contributed by atoms with van der Waals surface area (Å²) in [5.74, 6) is -1.32. The van der Waals surface area contributed by atoms with E-state index in [0.29, 0.717) is 16.7 Å². The van der Waals surface area contributed by atoms with Crippen molar-refractivity contribution in [3.05, 3.63) is 76.7 Å². The highest BCUT2D eigenvalue weighted by molar-refractivity contribution is 6.13. The molecule has 3 rings (SSSR count). The summed E-state index contributed by atoms with van der Waals surface area (Å²) in [7, 11) is 1.29. The van der Waals surface area contributed by atoms with Crippen LogP contribution < -0.4 is 5.32 Å². The van der Waals surface area contributed by atoms with E-state index >= 15 is 0 Å². The van der Waals surface area contributed by atoms with Crippen LogP contribution in [0.2, 0.25) is 0 Å². The van der Waals surface area contributed by atoms with Crippen LogP contribution in [-0.4, -0.2) is 29.9 Å². The normalized spacial score (nSPS) is 15.3. The summed E-state index contributed by atoms with van der Waals surface area (Å²) < 4.78 is 17.6. The van der Waals surface area contributed by atoms with E-state index in [0.717, 1.165) is 4.90 Å². The van der Waals surface area contributed by atoms with E-state index < -0.39 is 17.9 Å². The molecule has 132 valence electrons. The first-order valence-corrected chi connectivity index (χ1v) is 7.75. The second-order valence-corrected chi connectivity index (χ2v) is 5.62. The van der Waals surface area contributed by atoms with E-state index in [-0.39, 0.29) is 18.1 Å². The number of carbonyl (C=O) groups excluding carboxylic acids is 3. The fraction of sp³-hybridized carbons (Fsp3) is 0.105. The number of benzene rings is 2. The van der Waals surface area contributed by atoms with Crippen molar-refractivity contribution in [1.29, 1.82) is 0 Å². The molecule has 1 heterocycles. The molecule has 2 aromatic rings. The molecule has 2 aromatic carbocycles. The standard InChI is InChI=1S/C19H15FN2O4/c1-26-18(24)14-6-2-12(3-7-14)10-16-17(23)22(19(25)21-16)11-13-4-8-15(20)9-5-13/h2-10H,11H2,1H3,(H,21,25)/b16-10+. The van der Waals surface area contributed by atoms with Crippen molar-refractivity contribution in [1.82, 2.24) is 10.2 Å². The number of methoxy groups -OCH3 is 1. The molecule has 3 amide bonds. The number of rotatable bonds is 4. The van der Waals surface area contributed by atoms with Gasteiger partial charge in [-0.3, -0.25) is 9.69 Å². The van der Waals surface area contributed by atoms with Crippen molar-refractivity contribution in [3.63, 3.8) is 0 Å². The zero-order valence-electron chi connectivity index (χ0n) is 13.9. The highest BCUT2D eigenvalue weighted by atomic mass is 19.1. The van der Waals surface area contributed by atoms with Crippen molar-refractivity contribution in [2.24, 2.45) is 0 Å². The fourth-order valence-corrected chi connectivity index (χ4v) is 2.49. The molecule has 1 aliphatic heterocycles. The molecular weight excluding hydrogens is 339 g/mol. The molecule has 1 aliphatic rings. The number of imide groups is 1. The van der Waals surface area contributed by atoms with Crippen LogP contribution in [-0.2, 0) is 16.1 Å². The molecule has 0 aromatic heterocycles. The van der Waals surface area contributed by atoms with Crippen molar-refractivity contribution in [2.75, 3.05) is 7.11 Å². The SMILES string of the molecule is COC(=O)c1ccc(/C=C2/NC(=O)N(Cc3ccc(F)cc3)C2=O)cc1. The number of amides is 3. The van der Waals surface area contributed by atoms with Crippen molar-refractivity contribution in [3.8, 4) is 0 Å². The third kappa shape index (κ3) is 3.61. The first kappa shape index (κ1) is 17.3. The number of esters is 1. The van der Waals surface area contributed by atoms with Gasteiger partial charge >= 0.3 is 12.0 Å². The van der Waals surface area contributed by atoms with E-state index in [2.05, 4.69) is 10.1 Å². The Bertz CT molecular complexity index is 889.